The molecule has 2 heterocycles. The number of carbonyl (C=O) groups excluding carboxylic acids is 1. The summed E-state index contributed by atoms with van der Waals surface area (Å²) in [5, 5.41) is 9.85. The van der Waals surface area contributed by atoms with Crippen molar-refractivity contribution in [2.24, 2.45) is 0 Å². The average molecular weight is 431 g/mol. The largest absolute Gasteiger partial charge is 0.493 e. The monoisotopic (exact) mass is 431 g/mol. The number of benzene rings is 2. The first-order valence-corrected chi connectivity index (χ1v) is 9.67. The van der Waals surface area contributed by atoms with Gasteiger partial charge < -0.3 is 25.4 Å². The number of carbonyl (C=O) groups is 1. The Morgan fingerprint density at radius 3 is 2.28 bits per heavy atom. The highest BCUT2D eigenvalue weighted by atomic mass is 16.5. The number of nitrogens with zero attached hydrogens (tertiary/aromatic N) is 4. The molecule has 1 amide bonds. The first-order chi connectivity index (χ1) is 15.6. The van der Waals surface area contributed by atoms with Crippen LogP contribution in [0, 0.1) is 0 Å². The predicted octanol–water partition coefficient (Wildman–Crippen LogP) is 3.88. The third-order valence-corrected chi connectivity index (χ3v) is 4.47. The normalized spacial score (nSPS) is 10.5. The Labute approximate surface area is 184 Å². The van der Waals surface area contributed by atoms with Crippen LogP contribution in [0.1, 0.15) is 6.92 Å². The molecule has 0 saturated carbocycles. The maximum atomic E-state index is 11.3. The van der Waals surface area contributed by atoms with Gasteiger partial charge in [0.25, 0.3) is 0 Å². The highest BCUT2D eigenvalue weighted by Gasteiger charge is 2.14. The molecule has 162 valence electrons. The van der Waals surface area contributed by atoms with Gasteiger partial charge in [0, 0.05) is 42.1 Å². The van der Waals surface area contributed by atoms with E-state index in [-0.39, 0.29) is 5.91 Å². The minimum atomic E-state index is -0.131. The molecule has 10 nitrogen and oxygen atoms in total. The third-order valence-electron chi connectivity index (χ3n) is 4.47. The lowest BCUT2D eigenvalue weighted by molar-refractivity contribution is -0.114. The van der Waals surface area contributed by atoms with E-state index in [1.165, 1.54) is 6.92 Å². The Hall–Kier alpha value is -4.47. The van der Waals surface area contributed by atoms with Gasteiger partial charge in [-0.1, -0.05) is 0 Å². The van der Waals surface area contributed by atoms with E-state index < -0.39 is 0 Å². The first kappa shape index (κ1) is 20.8. The van der Waals surface area contributed by atoms with E-state index in [0.717, 1.165) is 11.1 Å². The number of amides is 1. The lowest BCUT2D eigenvalue weighted by Crippen LogP contribution is -2.06. The van der Waals surface area contributed by atoms with Crippen LogP contribution in [0.3, 0.4) is 0 Å². The van der Waals surface area contributed by atoms with Crippen molar-refractivity contribution in [2.75, 3.05) is 30.2 Å². The van der Waals surface area contributed by atoms with Gasteiger partial charge in [-0.05, 0) is 30.3 Å². The summed E-state index contributed by atoms with van der Waals surface area (Å²) in [5.74, 6) is 2.38. The Morgan fingerprint density at radius 1 is 0.906 bits per heavy atom. The molecule has 0 aliphatic rings. The van der Waals surface area contributed by atoms with Gasteiger partial charge in [0.15, 0.2) is 17.3 Å². The number of aromatic nitrogens is 4. The summed E-state index contributed by atoms with van der Waals surface area (Å²) in [7, 11) is 3.14. The summed E-state index contributed by atoms with van der Waals surface area (Å²) < 4.78 is 10.9. The number of methoxy groups -OCH3 is 2. The van der Waals surface area contributed by atoms with Crippen LogP contribution in [0.5, 0.6) is 11.5 Å². The summed E-state index contributed by atoms with van der Waals surface area (Å²) in [5.41, 5.74) is 2.12. The molecule has 0 atom stereocenters. The zero-order valence-electron chi connectivity index (χ0n) is 17.7. The van der Waals surface area contributed by atoms with Crippen LogP contribution in [0.4, 0.5) is 29.0 Å². The van der Waals surface area contributed by atoms with Gasteiger partial charge in [-0.15, -0.1) is 0 Å². The van der Waals surface area contributed by atoms with Gasteiger partial charge in [0.05, 0.1) is 25.9 Å². The molecule has 0 unspecified atom stereocenters. The molecule has 0 fully saturated rings. The van der Waals surface area contributed by atoms with Crippen LogP contribution in [0.15, 0.2) is 55.0 Å². The summed E-state index contributed by atoms with van der Waals surface area (Å²) >= 11 is 0. The van der Waals surface area contributed by atoms with Crippen LogP contribution in [-0.4, -0.2) is 40.1 Å². The van der Waals surface area contributed by atoms with Crippen molar-refractivity contribution in [3.63, 3.8) is 0 Å². The van der Waals surface area contributed by atoms with E-state index in [9.17, 15) is 4.79 Å². The standard InChI is InChI=1S/C22H21N7O3/c1-13(30)25-14-4-6-15(7-5-14)26-21-16-10-18(31-2)19(32-3)11-17(16)27-22(29-21)28-20-12-23-8-9-24-20/h4-12H,1-3H3,(H,25,30)(H2,24,26,27,28,29). The summed E-state index contributed by atoms with van der Waals surface area (Å²) in [6.07, 6.45) is 4.74. The molecule has 0 aliphatic heterocycles. The second-order valence-electron chi connectivity index (χ2n) is 6.72. The Kier molecular flexibility index (Phi) is 5.93. The van der Waals surface area contributed by atoms with Crippen molar-refractivity contribution in [3.8, 4) is 11.5 Å². The molecule has 0 saturated heterocycles. The van der Waals surface area contributed by atoms with E-state index in [1.807, 2.05) is 18.2 Å². The lowest BCUT2D eigenvalue weighted by Gasteiger charge is -2.14. The predicted molar refractivity (Wildman–Crippen MR) is 122 cm³/mol. The van der Waals surface area contributed by atoms with Gasteiger partial charge in [-0.3, -0.25) is 9.78 Å². The van der Waals surface area contributed by atoms with Crippen molar-refractivity contribution in [1.29, 1.82) is 0 Å². The van der Waals surface area contributed by atoms with Gasteiger partial charge in [-0.25, -0.2) is 9.97 Å². The molecule has 0 radical (unpaired) electrons. The van der Waals surface area contributed by atoms with Crippen LogP contribution >= 0.6 is 0 Å². The van der Waals surface area contributed by atoms with E-state index >= 15 is 0 Å². The fraction of sp³-hybridized carbons (Fsp3) is 0.136. The quantitative estimate of drug-likeness (QED) is 0.400. The molecule has 3 N–H and O–H groups in total. The Balaban J connectivity index is 1.76. The van der Waals surface area contributed by atoms with Gasteiger partial charge in [0.1, 0.15) is 5.82 Å². The topological polar surface area (TPSA) is 123 Å². The molecule has 0 bridgehead atoms. The van der Waals surface area contributed by atoms with Crippen LogP contribution in [0.25, 0.3) is 10.9 Å². The summed E-state index contributed by atoms with van der Waals surface area (Å²) in [6, 6.07) is 10.9. The molecule has 2 aromatic carbocycles. The minimum Gasteiger partial charge on any atom is -0.493 e. The molecule has 4 rings (SSSR count). The van der Waals surface area contributed by atoms with Crippen molar-refractivity contribution < 1.29 is 14.3 Å². The maximum Gasteiger partial charge on any atom is 0.230 e. The van der Waals surface area contributed by atoms with E-state index in [4.69, 9.17) is 9.47 Å². The second kappa shape index (κ2) is 9.13. The molecule has 32 heavy (non-hydrogen) atoms. The molecular weight excluding hydrogens is 410 g/mol. The molecule has 4 aromatic rings. The van der Waals surface area contributed by atoms with Crippen molar-refractivity contribution in [3.05, 3.63) is 55.0 Å². The lowest BCUT2D eigenvalue weighted by atomic mass is 10.2. The smallest absolute Gasteiger partial charge is 0.230 e. The SMILES string of the molecule is COc1cc2nc(Nc3cnccn3)nc(Nc3ccc(NC(C)=O)cc3)c2cc1OC. The number of fused-ring (bicyclic) bond motifs is 1. The number of hydrogen-bond acceptors (Lipinski definition) is 9. The number of anilines is 5. The van der Waals surface area contributed by atoms with Gasteiger partial charge >= 0.3 is 0 Å². The third kappa shape index (κ3) is 4.64. The Bertz CT molecular complexity index is 1250. The molecular formula is C22H21N7O3. The zero-order chi connectivity index (χ0) is 22.5. The second-order valence-corrected chi connectivity index (χ2v) is 6.72. The zero-order valence-corrected chi connectivity index (χ0v) is 17.7. The molecule has 0 spiro atoms. The van der Waals surface area contributed by atoms with Crippen molar-refractivity contribution >= 4 is 45.8 Å². The van der Waals surface area contributed by atoms with E-state index in [2.05, 4.69) is 35.9 Å². The summed E-state index contributed by atoms with van der Waals surface area (Å²) in [6.45, 7) is 1.46. The first-order valence-electron chi connectivity index (χ1n) is 9.67. The maximum absolute atomic E-state index is 11.3. The van der Waals surface area contributed by atoms with Gasteiger partial charge in [0.2, 0.25) is 11.9 Å². The van der Waals surface area contributed by atoms with Crippen LogP contribution < -0.4 is 25.4 Å². The van der Waals surface area contributed by atoms with E-state index in [1.54, 1.807) is 51.0 Å². The highest BCUT2D eigenvalue weighted by molar-refractivity contribution is 5.94. The molecule has 0 aliphatic carbocycles. The number of hydrogen-bond donors (Lipinski definition) is 3. The molecule has 10 heteroatoms. The van der Waals surface area contributed by atoms with Crippen molar-refractivity contribution in [1.82, 2.24) is 19.9 Å². The fourth-order valence-corrected chi connectivity index (χ4v) is 3.06. The summed E-state index contributed by atoms with van der Waals surface area (Å²) in [4.78, 5) is 28.7. The van der Waals surface area contributed by atoms with Gasteiger partial charge in [-0.2, -0.15) is 4.98 Å². The van der Waals surface area contributed by atoms with Crippen LogP contribution in [-0.2, 0) is 4.79 Å². The molecule has 2 aromatic heterocycles. The fourth-order valence-electron chi connectivity index (χ4n) is 3.06. The van der Waals surface area contributed by atoms with Crippen molar-refractivity contribution in [2.45, 2.75) is 6.92 Å². The van der Waals surface area contributed by atoms with Crippen LogP contribution in [0.2, 0.25) is 0 Å². The van der Waals surface area contributed by atoms with E-state index in [0.29, 0.717) is 40.3 Å². The minimum absolute atomic E-state index is 0.131. The average Bonchev–Trinajstić information content (AvgIpc) is 2.80. The number of rotatable bonds is 7. The highest BCUT2D eigenvalue weighted by Crippen LogP contribution is 2.35. The number of ether oxygens (including phenoxy) is 2. The Morgan fingerprint density at radius 2 is 1.62 bits per heavy atom. The number of nitrogens with one attached hydrogen (secondary N) is 3.